The van der Waals surface area contributed by atoms with E-state index in [2.05, 4.69) is 110 Å². The van der Waals surface area contributed by atoms with Gasteiger partial charge in [0.25, 0.3) is 0 Å². The minimum absolute atomic E-state index is 0.190. The first-order valence-electron chi connectivity index (χ1n) is 19.1. The Morgan fingerprint density at radius 2 is 1.44 bits per heavy atom. The first-order valence-corrected chi connectivity index (χ1v) is 19.1. The highest BCUT2D eigenvalue weighted by atomic mass is 16.3. The van der Waals surface area contributed by atoms with E-state index in [1.807, 2.05) is 79.8 Å². The number of fused-ring (bicyclic) bond motifs is 4. The van der Waals surface area contributed by atoms with Gasteiger partial charge in [-0.05, 0) is 90.5 Å². The summed E-state index contributed by atoms with van der Waals surface area (Å²) < 4.78 is 6.62. The molecule has 2 aliphatic rings. The van der Waals surface area contributed by atoms with Gasteiger partial charge in [-0.25, -0.2) is 0 Å². The number of phenols is 1. The lowest BCUT2D eigenvalue weighted by molar-refractivity contribution is 0.475. The van der Waals surface area contributed by atoms with E-state index in [1.165, 1.54) is 16.7 Å². The molecule has 3 nitrogen and oxygen atoms in total. The van der Waals surface area contributed by atoms with Crippen LogP contribution in [0, 0.1) is 0 Å². The van der Waals surface area contributed by atoms with Crippen LogP contribution < -0.4 is 5.32 Å². The molecule has 5 aromatic carbocycles. The molecule has 1 aromatic heterocycles. The van der Waals surface area contributed by atoms with Crippen LogP contribution in [0.2, 0.25) is 0 Å². The largest absolute Gasteiger partial charge is 0.507 e. The third-order valence-electron chi connectivity index (χ3n) is 10.1. The third kappa shape index (κ3) is 8.02. The summed E-state index contributed by atoms with van der Waals surface area (Å²) in [5.41, 5.74) is 11.9. The van der Waals surface area contributed by atoms with Crippen LogP contribution in [0.15, 0.2) is 193 Å². The Bertz CT molecular complexity index is 2620. The number of phenolic OH excluding ortho intramolecular Hbond substituents is 1. The number of furan rings is 1. The standard InChI is InChI=1S/C39H33NO2.C13H14/c1-3-26-13-7-8-16-28(26)23-25(2)37-31-18-10-9-17-30(31)35(24-36(37)41)40-34-22-12-21-33-32-20-11-19-29(38(32)42-39(33)34)27-14-5-4-6-15-27;1-3-4-6-9-12(2)13-10-7-5-8-11-13/h3,5,8-12,14-24,40-41H,2,4,6-7,13H2,1H3;3-11H,2H2,1H3/b26-3-,28-23-;4-3-,9-6-. The average Bonchev–Trinajstić information content (AvgIpc) is 3.62. The fraction of sp³-hybridized carbons (Fsp3) is 0.115. The van der Waals surface area contributed by atoms with Gasteiger partial charge in [0.15, 0.2) is 5.58 Å². The molecule has 55 heavy (non-hydrogen) atoms. The van der Waals surface area contributed by atoms with E-state index in [1.54, 1.807) is 6.07 Å². The Morgan fingerprint density at radius 3 is 2.20 bits per heavy atom. The Hall–Kier alpha value is -6.58. The van der Waals surface area contributed by atoms with E-state index in [0.717, 1.165) is 97.6 Å². The zero-order chi connectivity index (χ0) is 38.1. The van der Waals surface area contributed by atoms with E-state index >= 15 is 0 Å². The number of allylic oxidation sites excluding steroid dienone is 16. The summed E-state index contributed by atoms with van der Waals surface area (Å²) >= 11 is 0. The molecule has 0 amide bonds. The van der Waals surface area contributed by atoms with E-state index in [4.69, 9.17) is 4.42 Å². The lowest BCUT2D eigenvalue weighted by Crippen LogP contribution is -1.96. The van der Waals surface area contributed by atoms with Gasteiger partial charge in [-0.1, -0.05) is 159 Å². The maximum atomic E-state index is 11.4. The number of benzene rings is 5. The molecular formula is C52H47NO2. The molecule has 0 spiro atoms. The molecule has 0 saturated carbocycles. The highest BCUT2D eigenvalue weighted by Gasteiger charge is 2.18. The van der Waals surface area contributed by atoms with Crippen LogP contribution in [0.25, 0.3) is 49.4 Å². The molecule has 0 saturated heterocycles. The molecule has 0 aliphatic heterocycles. The van der Waals surface area contributed by atoms with Crippen molar-refractivity contribution >= 4 is 60.8 Å². The fourth-order valence-electron chi connectivity index (χ4n) is 7.35. The van der Waals surface area contributed by atoms with Crippen molar-refractivity contribution in [2.75, 3.05) is 5.32 Å². The van der Waals surface area contributed by atoms with Crippen LogP contribution >= 0.6 is 0 Å². The van der Waals surface area contributed by atoms with Crippen LogP contribution in [-0.4, -0.2) is 5.11 Å². The number of nitrogens with one attached hydrogen (secondary N) is 1. The van der Waals surface area contributed by atoms with E-state index < -0.39 is 0 Å². The summed E-state index contributed by atoms with van der Waals surface area (Å²) in [4.78, 5) is 0. The molecule has 1 heterocycles. The van der Waals surface area contributed by atoms with Crippen molar-refractivity contribution < 1.29 is 9.52 Å². The molecule has 0 unspecified atom stereocenters. The van der Waals surface area contributed by atoms with Gasteiger partial charge >= 0.3 is 0 Å². The van der Waals surface area contributed by atoms with Crippen molar-refractivity contribution in [3.05, 3.63) is 205 Å². The summed E-state index contributed by atoms with van der Waals surface area (Å²) in [7, 11) is 0. The van der Waals surface area contributed by atoms with Crippen LogP contribution in [-0.2, 0) is 0 Å². The van der Waals surface area contributed by atoms with Crippen molar-refractivity contribution in [2.45, 2.75) is 39.5 Å². The lowest BCUT2D eigenvalue weighted by atomic mass is 9.90. The second-order valence-corrected chi connectivity index (χ2v) is 13.8. The van der Waals surface area contributed by atoms with Crippen molar-refractivity contribution in [3.8, 4) is 5.75 Å². The smallest absolute Gasteiger partial charge is 0.158 e. The second kappa shape index (κ2) is 17.0. The van der Waals surface area contributed by atoms with Crippen molar-refractivity contribution in [1.82, 2.24) is 0 Å². The van der Waals surface area contributed by atoms with Crippen LogP contribution in [0.4, 0.5) is 11.4 Å². The van der Waals surface area contributed by atoms with Gasteiger partial charge in [-0.3, -0.25) is 0 Å². The topological polar surface area (TPSA) is 45.4 Å². The maximum absolute atomic E-state index is 11.4. The van der Waals surface area contributed by atoms with Crippen molar-refractivity contribution in [1.29, 1.82) is 0 Å². The molecule has 6 aromatic rings. The first-order chi connectivity index (χ1) is 27.0. The van der Waals surface area contributed by atoms with E-state index in [0.29, 0.717) is 0 Å². The number of rotatable bonds is 8. The maximum Gasteiger partial charge on any atom is 0.158 e. The molecule has 0 fully saturated rings. The second-order valence-electron chi connectivity index (χ2n) is 13.8. The molecule has 2 N–H and O–H groups in total. The number of para-hydroxylation sites is 2. The molecular weight excluding hydrogens is 671 g/mol. The Kier molecular flexibility index (Phi) is 11.4. The minimum Gasteiger partial charge on any atom is -0.507 e. The zero-order valence-electron chi connectivity index (χ0n) is 31.7. The summed E-state index contributed by atoms with van der Waals surface area (Å²) in [6, 6.07) is 32.7. The van der Waals surface area contributed by atoms with Gasteiger partial charge in [0.1, 0.15) is 11.3 Å². The van der Waals surface area contributed by atoms with E-state index in [-0.39, 0.29) is 5.75 Å². The molecule has 272 valence electrons. The summed E-state index contributed by atoms with van der Waals surface area (Å²) in [6.45, 7) is 12.4. The fourth-order valence-corrected chi connectivity index (χ4v) is 7.35. The lowest BCUT2D eigenvalue weighted by Gasteiger charge is -2.17. The van der Waals surface area contributed by atoms with Gasteiger partial charge in [0.2, 0.25) is 0 Å². The summed E-state index contributed by atoms with van der Waals surface area (Å²) in [5.74, 6) is 0.190. The van der Waals surface area contributed by atoms with Gasteiger partial charge in [-0.2, -0.15) is 0 Å². The first kappa shape index (κ1) is 36.8. The normalized spacial score (nSPS) is 15.6. The number of aromatic hydroxyl groups is 1. The third-order valence-corrected chi connectivity index (χ3v) is 10.1. The Labute approximate surface area is 324 Å². The quantitative estimate of drug-likeness (QED) is 0.154. The molecule has 0 radical (unpaired) electrons. The molecule has 8 rings (SSSR count). The minimum atomic E-state index is 0.190. The number of anilines is 2. The van der Waals surface area contributed by atoms with Crippen LogP contribution in [0.5, 0.6) is 5.75 Å². The predicted octanol–water partition coefficient (Wildman–Crippen LogP) is 15.0. The zero-order valence-corrected chi connectivity index (χ0v) is 31.7. The molecule has 2 aliphatic carbocycles. The van der Waals surface area contributed by atoms with E-state index in [9.17, 15) is 5.11 Å². The van der Waals surface area contributed by atoms with Crippen molar-refractivity contribution in [3.63, 3.8) is 0 Å². The van der Waals surface area contributed by atoms with Gasteiger partial charge in [0.05, 0.1) is 11.4 Å². The van der Waals surface area contributed by atoms with Crippen molar-refractivity contribution in [2.24, 2.45) is 0 Å². The molecule has 0 bridgehead atoms. The average molecular weight is 718 g/mol. The number of hydrogen-bond acceptors (Lipinski definition) is 3. The van der Waals surface area contributed by atoms with Gasteiger partial charge in [0, 0.05) is 33.4 Å². The predicted molar refractivity (Wildman–Crippen MR) is 238 cm³/mol. The van der Waals surface area contributed by atoms with Gasteiger partial charge < -0.3 is 14.8 Å². The monoisotopic (exact) mass is 717 g/mol. The van der Waals surface area contributed by atoms with Crippen LogP contribution in [0.3, 0.4) is 0 Å². The highest BCUT2D eigenvalue weighted by Crippen LogP contribution is 2.43. The molecule has 0 atom stereocenters. The van der Waals surface area contributed by atoms with Gasteiger partial charge in [-0.15, -0.1) is 0 Å². The van der Waals surface area contributed by atoms with Crippen LogP contribution in [0.1, 0.15) is 56.2 Å². The summed E-state index contributed by atoms with van der Waals surface area (Å²) in [6.07, 6.45) is 27.5. The molecule has 3 heteroatoms. The number of hydrogen-bond donors (Lipinski definition) is 2. The summed E-state index contributed by atoms with van der Waals surface area (Å²) in [5, 5.41) is 19.1. The Balaban J connectivity index is 0.000000305. The Morgan fingerprint density at radius 1 is 0.709 bits per heavy atom. The SMILES string of the molecule is C=C(/C=C1/C=CCC/C1=C/C)c1c(O)cc(Nc2cccc3c2oc2c(C4=CCCC=C4)cccc23)c2ccccc12.C=C(/C=C\C=C/C)c1ccccc1. The highest BCUT2D eigenvalue weighted by molar-refractivity contribution is 6.13.